The first-order chi connectivity index (χ1) is 6.36. The Morgan fingerprint density at radius 1 is 1.36 bits per heavy atom. The van der Waals surface area contributed by atoms with Crippen LogP contribution in [0.1, 0.15) is 36.7 Å². The standard InChI is InChI=1S/C11H13BrO2/c1-11(2,3)8-4-7(6-13)5-9(12)10(8)14/h4-6,14H,1-3H3. The first-order valence-electron chi connectivity index (χ1n) is 4.34. The number of carbonyl (C=O) groups excluding carboxylic acids is 1. The SMILES string of the molecule is CC(C)(C)c1cc(C=O)cc(Br)c1O. The van der Waals surface area contributed by atoms with Crippen molar-refractivity contribution in [1.29, 1.82) is 0 Å². The summed E-state index contributed by atoms with van der Waals surface area (Å²) in [5.41, 5.74) is 1.17. The van der Waals surface area contributed by atoms with Crippen LogP contribution in [0.2, 0.25) is 0 Å². The summed E-state index contributed by atoms with van der Waals surface area (Å²) in [7, 11) is 0. The maximum Gasteiger partial charge on any atom is 0.150 e. The third kappa shape index (κ3) is 2.15. The highest BCUT2D eigenvalue weighted by atomic mass is 79.9. The van der Waals surface area contributed by atoms with E-state index in [9.17, 15) is 9.90 Å². The Hall–Kier alpha value is -0.830. The highest BCUT2D eigenvalue weighted by Crippen LogP contribution is 2.36. The lowest BCUT2D eigenvalue weighted by Crippen LogP contribution is -2.12. The van der Waals surface area contributed by atoms with Gasteiger partial charge in [0.15, 0.2) is 0 Å². The molecule has 0 atom stereocenters. The number of carbonyl (C=O) groups is 1. The topological polar surface area (TPSA) is 37.3 Å². The number of aromatic hydroxyl groups is 1. The second-order valence-corrected chi connectivity index (χ2v) is 5.12. The van der Waals surface area contributed by atoms with Gasteiger partial charge in [0, 0.05) is 11.1 Å². The first-order valence-corrected chi connectivity index (χ1v) is 5.13. The lowest BCUT2D eigenvalue weighted by atomic mass is 9.85. The number of phenolic OH excluding ortho intramolecular Hbond substituents is 1. The molecule has 0 fully saturated rings. The van der Waals surface area contributed by atoms with Gasteiger partial charge in [0.2, 0.25) is 0 Å². The van der Waals surface area contributed by atoms with Crippen LogP contribution in [0.25, 0.3) is 0 Å². The molecule has 0 aliphatic heterocycles. The Morgan fingerprint density at radius 3 is 2.36 bits per heavy atom. The number of hydrogen-bond acceptors (Lipinski definition) is 2. The second kappa shape index (κ2) is 3.73. The summed E-state index contributed by atoms with van der Waals surface area (Å²) in [6, 6.07) is 3.32. The van der Waals surface area contributed by atoms with Crippen LogP contribution < -0.4 is 0 Å². The van der Waals surface area contributed by atoms with E-state index in [1.807, 2.05) is 20.8 Å². The van der Waals surface area contributed by atoms with Gasteiger partial charge in [-0.05, 0) is 33.5 Å². The van der Waals surface area contributed by atoms with Crippen LogP contribution in [0, 0.1) is 0 Å². The van der Waals surface area contributed by atoms with Gasteiger partial charge in [-0.3, -0.25) is 4.79 Å². The summed E-state index contributed by atoms with van der Waals surface area (Å²) < 4.78 is 0.562. The monoisotopic (exact) mass is 256 g/mol. The summed E-state index contributed by atoms with van der Waals surface area (Å²) in [5, 5.41) is 9.79. The van der Waals surface area contributed by atoms with Crippen molar-refractivity contribution < 1.29 is 9.90 Å². The lowest BCUT2D eigenvalue weighted by molar-refractivity contribution is 0.112. The van der Waals surface area contributed by atoms with Gasteiger partial charge in [-0.25, -0.2) is 0 Å². The van der Waals surface area contributed by atoms with Gasteiger partial charge in [0.05, 0.1) is 4.47 Å². The molecular formula is C11H13BrO2. The molecule has 1 N–H and O–H groups in total. The van der Waals surface area contributed by atoms with Crippen molar-refractivity contribution in [3.8, 4) is 5.75 Å². The van der Waals surface area contributed by atoms with Crippen molar-refractivity contribution in [2.45, 2.75) is 26.2 Å². The maximum atomic E-state index is 10.6. The quantitative estimate of drug-likeness (QED) is 0.784. The van der Waals surface area contributed by atoms with E-state index in [0.717, 1.165) is 11.8 Å². The minimum absolute atomic E-state index is 0.175. The van der Waals surface area contributed by atoms with E-state index in [4.69, 9.17) is 0 Å². The molecule has 0 amide bonds. The molecule has 0 aliphatic rings. The highest BCUT2D eigenvalue weighted by Gasteiger charge is 2.20. The van der Waals surface area contributed by atoms with Crippen LogP contribution >= 0.6 is 15.9 Å². The zero-order valence-corrected chi connectivity index (χ0v) is 10.1. The molecule has 0 radical (unpaired) electrons. The summed E-state index contributed by atoms with van der Waals surface area (Å²) in [6.45, 7) is 5.97. The van der Waals surface area contributed by atoms with Crippen molar-refractivity contribution in [2.75, 3.05) is 0 Å². The van der Waals surface area contributed by atoms with E-state index in [1.165, 1.54) is 0 Å². The smallest absolute Gasteiger partial charge is 0.150 e. The molecule has 0 saturated heterocycles. The number of hydrogen-bond donors (Lipinski definition) is 1. The molecule has 3 heteroatoms. The number of halogens is 1. The van der Waals surface area contributed by atoms with Crippen molar-refractivity contribution in [1.82, 2.24) is 0 Å². The Bertz CT molecular complexity index is 364. The first kappa shape index (κ1) is 11.2. The van der Waals surface area contributed by atoms with Crippen molar-refractivity contribution in [3.63, 3.8) is 0 Å². The summed E-state index contributed by atoms with van der Waals surface area (Å²) in [4.78, 5) is 10.6. The van der Waals surface area contributed by atoms with Crippen LogP contribution in [0.4, 0.5) is 0 Å². The van der Waals surface area contributed by atoms with Crippen molar-refractivity contribution >= 4 is 22.2 Å². The van der Waals surface area contributed by atoms with E-state index in [-0.39, 0.29) is 11.2 Å². The van der Waals surface area contributed by atoms with Crippen LogP contribution in [-0.2, 0) is 5.41 Å². The molecule has 76 valence electrons. The number of phenols is 1. The molecular weight excluding hydrogens is 244 g/mol. The predicted octanol–water partition coefficient (Wildman–Crippen LogP) is 3.26. The second-order valence-electron chi connectivity index (χ2n) is 4.27. The maximum absolute atomic E-state index is 10.6. The zero-order chi connectivity index (χ0) is 10.9. The van der Waals surface area contributed by atoms with E-state index in [2.05, 4.69) is 15.9 Å². The Kier molecular flexibility index (Phi) is 3.00. The van der Waals surface area contributed by atoms with Gasteiger partial charge >= 0.3 is 0 Å². The normalized spacial score (nSPS) is 11.4. The minimum atomic E-state index is -0.175. The molecule has 0 saturated carbocycles. The van der Waals surface area contributed by atoms with E-state index in [1.54, 1.807) is 12.1 Å². The summed E-state index contributed by atoms with van der Waals surface area (Å²) >= 11 is 3.22. The molecule has 1 aromatic rings. The van der Waals surface area contributed by atoms with E-state index < -0.39 is 0 Å². The van der Waals surface area contributed by atoms with Crippen LogP contribution in [0.15, 0.2) is 16.6 Å². The average Bonchev–Trinajstić information content (AvgIpc) is 2.07. The van der Waals surface area contributed by atoms with Crippen molar-refractivity contribution in [3.05, 3.63) is 27.7 Å². The molecule has 2 nitrogen and oxygen atoms in total. The van der Waals surface area contributed by atoms with Gasteiger partial charge in [0.1, 0.15) is 12.0 Å². The average molecular weight is 257 g/mol. The fraction of sp³-hybridized carbons (Fsp3) is 0.364. The number of aldehydes is 1. The molecule has 1 rings (SSSR count). The van der Waals surface area contributed by atoms with E-state index >= 15 is 0 Å². The van der Waals surface area contributed by atoms with Crippen molar-refractivity contribution in [2.24, 2.45) is 0 Å². The van der Waals surface area contributed by atoms with Crippen LogP contribution in [-0.4, -0.2) is 11.4 Å². The molecule has 0 aromatic heterocycles. The Balaban J connectivity index is 3.42. The number of rotatable bonds is 1. The third-order valence-corrected chi connectivity index (χ3v) is 2.63. The molecule has 0 aliphatic carbocycles. The predicted molar refractivity (Wildman–Crippen MR) is 59.9 cm³/mol. The van der Waals surface area contributed by atoms with Gasteiger partial charge in [-0.1, -0.05) is 20.8 Å². The number of benzene rings is 1. The lowest BCUT2D eigenvalue weighted by Gasteiger charge is -2.21. The van der Waals surface area contributed by atoms with Gasteiger partial charge in [-0.15, -0.1) is 0 Å². The fourth-order valence-electron chi connectivity index (χ4n) is 1.26. The largest absolute Gasteiger partial charge is 0.506 e. The molecule has 0 bridgehead atoms. The van der Waals surface area contributed by atoms with Gasteiger partial charge in [-0.2, -0.15) is 0 Å². The highest BCUT2D eigenvalue weighted by molar-refractivity contribution is 9.10. The summed E-state index contributed by atoms with van der Waals surface area (Å²) in [5.74, 6) is 0.211. The molecule has 0 unspecified atom stereocenters. The molecule has 0 spiro atoms. The molecule has 0 heterocycles. The third-order valence-electron chi connectivity index (χ3n) is 2.03. The van der Waals surface area contributed by atoms with Crippen LogP contribution in [0.3, 0.4) is 0 Å². The Labute approximate surface area is 92.1 Å². The molecule has 1 aromatic carbocycles. The van der Waals surface area contributed by atoms with Gasteiger partial charge < -0.3 is 5.11 Å². The zero-order valence-electron chi connectivity index (χ0n) is 8.47. The summed E-state index contributed by atoms with van der Waals surface area (Å²) in [6.07, 6.45) is 0.777. The van der Waals surface area contributed by atoms with Gasteiger partial charge in [0.25, 0.3) is 0 Å². The minimum Gasteiger partial charge on any atom is -0.506 e. The van der Waals surface area contributed by atoms with Crippen LogP contribution in [0.5, 0.6) is 5.75 Å². The molecule has 14 heavy (non-hydrogen) atoms. The van der Waals surface area contributed by atoms with E-state index in [0.29, 0.717) is 10.0 Å². The fourth-order valence-corrected chi connectivity index (χ4v) is 1.74. The Morgan fingerprint density at radius 2 is 1.93 bits per heavy atom.